The molecule has 1 aliphatic carbocycles. The zero-order valence-corrected chi connectivity index (χ0v) is 12.7. The van der Waals surface area contributed by atoms with Gasteiger partial charge in [-0.1, -0.05) is 17.7 Å². The van der Waals surface area contributed by atoms with Crippen LogP contribution in [-0.2, 0) is 0 Å². The minimum Gasteiger partial charge on any atom is -0.352 e. The molecule has 2 aliphatic rings. The Morgan fingerprint density at radius 1 is 1.33 bits per heavy atom. The molecule has 0 unspecified atom stereocenters. The van der Waals surface area contributed by atoms with Crippen LogP contribution in [0.15, 0.2) is 18.2 Å². The highest BCUT2D eigenvalue weighted by Gasteiger charge is 2.29. The summed E-state index contributed by atoms with van der Waals surface area (Å²) in [6.07, 6.45) is 3.82. The predicted molar refractivity (Wildman–Crippen MR) is 81.0 cm³/mol. The molecular formula is C16H20ClFN2O. The van der Waals surface area contributed by atoms with Crippen LogP contribution in [0.4, 0.5) is 4.39 Å². The SMILES string of the molecule is O=C(NC[C@H]1CCN(CC2CC2)C1)c1c(F)cccc1Cl. The zero-order chi connectivity index (χ0) is 14.8. The Kier molecular flexibility index (Phi) is 4.45. The van der Waals surface area contributed by atoms with E-state index in [1.807, 2.05) is 0 Å². The standard InChI is InChI=1S/C16H20ClFN2O/c17-13-2-1-3-14(18)15(13)16(21)19-8-12-6-7-20(10-12)9-11-4-5-11/h1-3,11-12H,4-10H2,(H,19,21)/t12-/m1/s1. The van der Waals surface area contributed by atoms with Crippen LogP contribution in [0.2, 0.25) is 5.02 Å². The molecule has 0 aromatic heterocycles. The Bertz CT molecular complexity index is 513. The summed E-state index contributed by atoms with van der Waals surface area (Å²) >= 11 is 5.90. The fraction of sp³-hybridized carbons (Fsp3) is 0.562. The van der Waals surface area contributed by atoms with Crippen LogP contribution in [0.1, 0.15) is 29.6 Å². The molecule has 1 amide bonds. The van der Waals surface area contributed by atoms with Crippen molar-refractivity contribution in [2.75, 3.05) is 26.2 Å². The van der Waals surface area contributed by atoms with Crippen LogP contribution in [-0.4, -0.2) is 37.0 Å². The summed E-state index contributed by atoms with van der Waals surface area (Å²) in [5, 5.41) is 2.98. The number of hydrogen-bond acceptors (Lipinski definition) is 2. The molecule has 1 aromatic carbocycles. The average molecular weight is 311 g/mol. The largest absolute Gasteiger partial charge is 0.352 e. The van der Waals surface area contributed by atoms with Gasteiger partial charge in [0.1, 0.15) is 5.82 Å². The quantitative estimate of drug-likeness (QED) is 0.907. The van der Waals surface area contributed by atoms with Crippen molar-refractivity contribution in [1.82, 2.24) is 10.2 Å². The second-order valence-corrected chi connectivity index (χ2v) is 6.57. The van der Waals surface area contributed by atoms with Crippen molar-refractivity contribution >= 4 is 17.5 Å². The van der Waals surface area contributed by atoms with Gasteiger partial charge in [-0.2, -0.15) is 0 Å². The van der Waals surface area contributed by atoms with Crippen LogP contribution >= 0.6 is 11.6 Å². The maximum absolute atomic E-state index is 13.7. The van der Waals surface area contributed by atoms with Gasteiger partial charge in [-0.25, -0.2) is 4.39 Å². The number of carbonyl (C=O) groups is 1. The van der Waals surface area contributed by atoms with E-state index in [4.69, 9.17) is 11.6 Å². The Morgan fingerprint density at radius 2 is 2.14 bits per heavy atom. The molecule has 3 nitrogen and oxygen atoms in total. The first-order valence-corrected chi connectivity index (χ1v) is 7.96. The number of rotatable bonds is 5. The van der Waals surface area contributed by atoms with E-state index in [1.165, 1.54) is 37.6 Å². The molecule has 5 heteroatoms. The molecule has 1 heterocycles. The number of nitrogens with zero attached hydrogens (tertiary/aromatic N) is 1. The molecule has 1 aliphatic heterocycles. The maximum atomic E-state index is 13.7. The first kappa shape index (κ1) is 14.8. The lowest BCUT2D eigenvalue weighted by molar-refractivity contribution is 0.0943. The summed E-state index contributed by atoms with van der Waals surface area (Å²) < 4.78 is 13.7. The number of hydrogen-bond donors (Lipinski definition) is 1. The molecule has 1 saturated carbocycles. The monoisotopic (exact) mass is 310 g/mol. The molecular weight excluding hydrogens is 291 g/mol. The highest BCUT2D eigenvalue weighted by molar-refractivity contribution is 6.33. The number of halogens is 2. The lowest BCUT2D eigenvalue weighted by atomic mass is 10.1. The van der Waals surface area contributed by atoms with Gasteiger partial charge in [-0.15, -0.1) is 0 Å². The van der Waals surface area contributed by atoms with Gasteiger partial charge in [0.2, 0.25) is 0 Å². The first-order valence-electron chi connectivity index (χ1n) is 7.58. The fourth-order valence-corrected chi connectivity index (χ4v) is 3.20. The normalized spacial score (nSPS) is 22.5. The third-order valence-corrected chi connectivity index (χ3v) is 4.64. The lowest BCUT2D eigenvalue weighted by Crippen LogP contribution is -2.32. The highest BCUT2D eigenvalue weighted by atomic mass is 35.5. The van der Waals surface area contributed by atoms with Gasteiger partial charge >= 0.3 is 0 Å². The van der Waals surface area contributed by atoms with E-state index in [0.29, 0.717) is 12.5 Å². The van der Waals surface area contributed by atoms with Crippen molar-refractivity contribution in [1.29, 1.82) is 0 Å². The first-order chi connectivity index (χ1) is 10.1. The third-order valence-electron chi connectivity index (χ3n) is 4.32. The minimum atomic E-state index is -0.568. The fourth-order valence-electron chi connectivity index (χ4n) is 2.95. The van der Waals surface area contributed by atoms with Gasteiger partial charge in [0.05, 0.1) is 10.6 Å². The van der Waals surface area contributed by atoms with Gasteiger partial charge in [0, 0.05) is 19.6 Å². The second-order valence-electron chi connectivity index (χ2n) is 6.16. The number of amides is 1. The third kappa shape index (κ3) is 3.74. The van der Waals surface area contributed by atoms with Crippen molar-refractivity contribution in [3.63, 3.8) is 0 Å². The van der Waals surface area contributed by atoms with Crippen LogP contribution in [0.25, 0.3) is 0 Å². The highest BCUT2D eigenvalue weighted by Crippen LogP contribution is 2.31. The molecule has 1 aromatic rings. The molecule has 1 N–H and O–H groups in total. The number of carbonyl (C=O) groups excluding carboxylic acids is 1. The van der Waals surface area contributed by atoms with Crippen LogP contribution < -0.4 is 5.32 Å². The van der Waals surface area contributed by atoms with E-state index in [1.54, 1.807) is 0 Å². The molecule has 1 saturated heterocycles. The minimum absolute atomic E-state index is 0.0491. The Hall–Kier alpha value is -1.13. The number of likely N-dealkylation sites (tertiary alicyclic amines) is 1. The molecule has 0 bridgehead atoms. The van der Waals surface area contributed by atoms with Crippen molar-refractivity contribution < 1.29 is 9.18 Å². The summed E-state index contributed by atoms with van der Waals surface area (Å²) in [6.45, 7) is 3.92. The van der Waals surface area contributed by atoms with Crippen LogP contribution in [0, 0.1) is 17.7 Å². The topological polar surface area (TPSA) is 32.3 Å². The van der Waals surface area contributed by atoms with Crippen molar-refractivity contribution in [3.8, 4) is 0 Å². The summed E-state index contributed by atoms with van der Waals surface area (Å²) in [6, 6.07) is 4.29. The smallest absolute Gasteiger partial charge is 0.255 e. The molecule has 0 radical (unpaired) electrons. The molecule has 2 fully saturated rings. The Labute approximate surface area is 129 Å². The molecule has 0 spiro atoms. The zero-order valence-electron chi connectivity index (χ0n) is 11.9. The van der Waals surface area contributed by atoms with E-state index >= 15 is 0 Å². The van der Waals surface area contributed by atoms with Gasteiger partial charge in [0.25, 0.3) is 5.91 Å². The van der Waals surface area contributed by atoms with Crippen molar-refractivity contribution in [3.05, 3.63) is 34.6 Å². The molecule has 3 rings (SSSR count). The van der Waals surface area contributed by atoms with E-state index in [9.17, 15) is 9.18 Å². The van der Waals surface area contributed by atoms with Crippen LogP contribution in [0.5, 0.6) is 0 Å². The predicted octanol–water partition coefficient (Wildman–Crippen LogP) is 2.94. The van der Waals surface area contributed by atoms with E-state index in [0.717, 1.165) is 25.4 Å². The van der Waals surface area contributed by atoms with Crippen molar-refractivity contribution in [2.45, 2.75) is 19.3 Å². The van der Waals surface area contributed by atoms with E-state index in [-0.39, 0.29) is 10.6 Å². The molecule has 21 heavy (non-hydrogen) atoms. The summed E-state index contributed by atoms with van der Waals surface area (Å²) in [5.74, 6) is 0.370. The molecule has 1 atom stereocenters. The van der Waals surface area contributed by atoms with Gasteiger partial charge < -0.3 is 10.2 Å². The van der Waals surface area contributed by atoms with Gasteiger partial charge in [-0.05, 0) is 49.8 Å². The lowest BCUT2D eigenvalue weighted by Gasteiger charge is -2.16. The van der Waals surface area contributed by atoms with E-state index in [2.05, 4.69) is 10.2 Å². The summed E-state index contributed by atoms with van der Waals surface area (Å²) in [4.78, 5) is 14.5. The Morgan fingerprint density at radius 3 is 2.86 bits per heavy atom. The number of nitrogens with one attached hydrogen (secondary N) is 1. The van der Waals surface area contributed by atoms with Crippen molar-refractivity contribution in [2.24, 2.45) is 11.8 Å². The van der Waals surface area contributed by atoms with Crippen LogP contribution in [0.3, 0.4) is 0 Å². The second kappa shape index (κ2) is 6.32. The summed E-state index contributed by atoms with van der Waals surface area (Å²) in [5.41, 5.74) is -0.0491. The number of benzene rings is 1. The van der Waals surface area contributed by atoms with E-state index < -0.39 is 11.7 Å². The maximum Gasteiger partial charge on any atom is 0.255 e. The van der Waals surface area contributed by atoms with Gasteiger partial charge in [0.15, 0.2) is 0 Å². The summed E-state index contributed by atoms with van der Waals surface area (Å²) in [7, 11) is 0. The molecule has 114 valence electrons. The average Bonchev–Trinajstić information content (AvgIpc) is 3.13. The van der Waals surface area contributed by atoms with Gasteiger partial charge in [-0.3, -0.25) is 4.79 Å². The Balaban J connectivity index is 1.49.